The molecule has 2 aromatic heterocycles. The van der Waals surface area contributed by atoms with Gasteiger partial charge in [-0.1, -0.05) is 188 Å². The first kappa shape index (κ1) is 35.5. The van der Waals surface area contributed by atoms with Crippen molar-refractivity contribution in [1.29, 1.82) is 0 Å². The maximum absolute atomic E-state index is 5.25. The molecule has 0 amide bonds. The number of rotatable bonds is 6. The highest BCUT2D eigenvalue weighted by molar-refractivity contribution is 7.25. The summed E-state index contributed by atoms with van der Waals surface area (Å²) in [6.07, 6.45) is 0. The Morgan fingerprint density at radius 2 is 0.918 bits per heavy atom. The normalized spacial score (nSPS) is 14.4. The number of fused-ring (bicyclic) bond motifs is 7. The molecule has 0 radical (unpaired) electrons. The second-order valence-corrected chi connectivity index (χ2v) is 17.3. The lowest BCUT2D eigenvalue weighted by atomic mass is 9.74. The SMILES string of the molecule is CC1(c2ccccc2)c2ccccc2-c2ccc(-c3cc(-c4ccc(-c5ccc(-c6cccc7sc8ccccc8c67)c6ccccc56)cc4)nc(-c4ccccc4)n3)cc21. The van der Waals surface area contributed by atoms with Crippen LogP contribution in [0.25, 0.3) is 98.2 Å². The van der Waals surface area contributed by atoms with Gasteiger partial charge in [0.05, 0.1) is 11.4 Å². The van der Waals surface area contributed by atoms with Crippen LogP contribution in [0.2, 0.25) is 0 Å². The summed E-state index contributed by atoms with van der Waals surface area (Å²) in [6.45, 7) is 2.36. The van der Waals surface area contributed by atoms with Gasteiger partial charge in [0.1, 0.15) is 0 Å². The molecule has 0 aliphatic heterocycles. The van der Waals surface area contributed by atoms with Crippen molar-refractivity contribution in [1.82, 2.24) is 9.97 Å². The molecule has 1 aliphatic rings. The third-order valence-electron chi connectivity index (χ3n) is 12.8. The first-order valence-electron chi connectivity index (χ1n) is 20.9. The van der Waals surface area contributed by atoms with Gasteiger partial charge in [0.15, 0.2) is 5.82 Å². The summed E-state index contributed by atoms with van der Waals surface area (Å²) in [6, 6.07) is 76.9. The van der Waals surface area contributed by atoms with Gasteiger partial charge in [0.25, 0.3) is 0 Å². The van der Waals surface area contributed by atoms with E-state index in [1.807, 2.05) is 17.4 Å². The highest BCUT2D eigenvalue weighted by Crippen LogP contribution is 2.53. The molecule has 286 valence electrons. The fourth-order valence-corrected chi connectivity index (χ4v) is 10.9. The number of thiophene rings is 1. The molecular formula is C58H38N2S. The van der Waals surface area contributed by atoms with Crippen molar-refractivity contribution in [2.24, 2.45) is 0 Å². The maximum atomic E-state index is 5.25. The lowest BCUT2D eigenvalue weighted by molar-refractivity contribution is 0.714. The summed E-state index contributed by atoms with van der Waals surface area (Å²) in [5.41, 5.74) is 16.0. The average Bonchev–Trinajstić information content (AvgIpc) is 3.85. The highest BCUT2D eigenvalue weighted by Gasteiger charge is 2.40. The first-order valence-corrected chi connectivity index (χ1v) is 21.7. The van der Waals surface area contributed by atoms with Gasteiger partial charge in [0, 0.05) is 42.3 Å². The van der Waals surface area contributed by atoms with Crippen LogP contribution in [0, 0.1) is 0 Å². The van der Waals surface area contributed by atoms with Crippen molar-refractivity contribution >= 4 is 42.3 Å². The van der Waals surface area contributed by atoms with E-state index in [4.69, 9.17) is 9.97 Å². The van der Waals surface area contributed by atoms with Gasteiger partial charge in [-0.05, 0) is 92.0 Å². The molecule has 3 heteroatoms. The van der Waals surface area contributed by atoms with Crippen molar-refractivity contribution in [3.8, 4) is 67.3 Å². The van der Waals surface area contributed by atoms with E-state index in [-0.39, 0.29) is 5.41 Å². The van der Waals surface area contributed by atoms with Gasteiger partial charge in [-0.3, -0.25) is 0 Å². The summed E-state index contributed by atoms with van der Waals surface area (Å²) >= 11 is 1.87. The van der Waals surface area contributed by atoms with E-state index >= 15 is 0 Å². The Hall–Kier alpha value is -7.46. The second-order valence-electron chi connectivity index (χ2n) is 16.2. The van der Waals surface area contributed by atoms with Crippen molar-refractivity contribution in [2.75, 3.05) is 0 Å². The molecule has 12 rings (SSSR count). The molecule has 1 aliphatic carbocycles. The van der Waals surface area contributed by atoms with Crippen LogP contribution in [0.3, 0.4) is 0 Å². The monoisotopic (exact) mass is 794 g/mol. The number of benzene rings is 9. The third kappa shape index (κ3) is 5.69. The number of hydrogen-bond acceptors (Lipinski definition) is 3. The van der Waals surface area contributed by atoms with Crippen LogP contribution in [-0.4, -0.2) is 9.97 Å². The predicted molar refractivity (Wildman–Crippen MR) is 257 cm³/mol. The molecule has 1 atom stereocenters. The molecule has 0 saturated heterocycles. The van der Waals surface area contributed by atoms with Crippen LogP contribution in [0.15, 0.2) is 212 Å². The number of nitrogens with zero attached hydrogens (tertiary/aromatic N) is 2. The zero-order chi connectivity index (χ0) is 40.5. The van der Waals surface area contributed by atoms with Gasteiger partial charge in [-0.2, -0.15) is 0 Å². The van der Waals surface area contributed by atoms with Gasteiger partial charge in [-0.15, -0.1) is 11.3 Å². The molecule has 0 bridgehead atoms. The minimum absolute atomic E-state index is 0.300. The third-order valence-corrected chi connectivity index (χ3v) is 14.0. The summed E-state index contributed by atoms with van der Waals surface area (Å²) in [5, 5.41) is 5.14. The number of aromatic nitrogens is 2. The summed E-state index contributed by atoms with van der Waals surface area (Å²) in [7, 11) is 0. The van der Waals surface area contributed by atoms with Gasteiger partial charge >= 0.3 is 0 Å². The Labute approximate surface area is 359 Å². The van der Waals surface area contributed by atoms with Gasteiger partial charge in [0.2, 0.25) is 0 Å². The van der Waals surface area contributed by atoms with Gasteiger partial charge < -0.3 is 0 Å². The summed E-state index contributed by atoms with van der Waals surface area (Å²) < 4.78 is 2.64. The van der Waals surface area contributed by atoms with Crippen molar-refractivity contribution in [2.45, 2.75) is 12.3 Å². The van der Waals surface area contributed by atoms with Crippen molar-refractivity contribution < 1.29 is 0 Å². The molecule has 0 saturated carbocycles. The van der Waals surface area contributed by atoms with E-state index in [0.717, 1.165) is 28.1 Å². The van der Waals surface area contributed by atoms with E-state index in [0.29, 0.717) is 5.82 Å². The molecule has 1 unspecified atom stereocenters. The molecule has 2 heterocycles. The molecular weight excluding hydrogens is 757 g/mol. The zero-order valence-corrected chi connectivity index (χ0v) is 34.3. The summed E-state index contributed by atoms with van der Waals surface area (Å²) in [5.74, 6) is 0.710. The van der Waals surface area contributed by atoms with E-state index < -0.39 is 0 Å². The summed E-state index contributed by atoms with van der Waals surface area (Å²) in [4.78, 5) is 10.5. The van der Waals surface area contributed by atoms with Crippen LogP contribution in [0.4, 0.5) is 0 Å². The topological polar surface area (TPSA) is 25.8 Å². The van der Waals surface area contributed by atoms with Crippen LogP contribution in [0.1, 0.15) is 23.6 Å². The highest BCUT2D eigenvalue weighted by atomic mass is 32.1. The minimum atomic E-state index is -0.300. The standard InChI is InChI=1S/C58H38N2S/c1-58(41-17-6-3-7-18-41)50-24-12-10-21-46(50)47-32-31-40(35-51(47)58)53-36-52(59-57(60-53)39-15-4-2-5-16-39)38-29-27-37(28-30-38)42-33-34-45(44-20-9-8-19-43(42)44)48-23-14-26-55-56(48)49-22-11-13-25-54(49)61-55/h2-36H,1H3. The lowest BCUT2D eigenvalue weighted by Gasteiger charge is -2.28. The molecule has 0 spiro atoms. The quantitative estimate of drug-likeness (QED) is 0.168. The fourth-order valence-electron chi connectivity index (χ4n) is 9.80. The maximum Gasteiger partial charge on any atom is 0.160 e. The predicted octanol–water partition coefficient (Wildman–Crippen LogP) is 15.7. The van der Waals surface area contributed by atoms with E-state index in [1.165, 1.54) is 81.0 Å². The molecule has 61 heavy (non-hydrogen) atoms. The van der Waals surface area contributed by atoms with Crippen LogP contribution < -0.4 is 0 Å². The van der Waals surface area contributed by atoms with Crippen molar-refractivity contribution in [3.05, 3.63) is 229 Å². The Morgan fingerprint density at radius 3 is 1.72 bits per heavy atom. The van der Waals surface area contributed by atoms with E-state index in [9.17, 15) is 0 Å². The number of hydrogen-bond donors (Lipinski definition) is 0. The second kappa shape index (κ2) is 14.1. The van der Waals surface area contributed by atoms with Crippen LogP contribution >= 0.6 is 11.3 Å². The van der Waals surface area contributed by atoms with E-state index in [1.54, 1.807) is 0 Å². The van der Waals surface area contributed by atoms with Crippen LogP contribution in [-0.2, 0) is 5.41 Å². The molecule has 9 aromatic carbocycles. The molecule has 0 N–H and O–H groups in total. The Bertz CT molecular complexity index is 3480. The molecule has 2 nitrogen and oxygen atoms in total. The van der Waals surface area contributed by atoms with Gasteiger partial charge in [-0.25, -0.2) is 9.97 Å². The minimum Gasteiger partial charge on any atom is -0.228 e. The zero-order valence-electron chi connectivity index (χ0n) is 33.5. The van der Waals surface area contributed by atoms with E-state index in [2.05, 4.69) is 213 Å². The molecule has 0 fully saturated rings. The fraction of sp³-hybridized carbons (Fsp3) is 0.0345. The smallest absolute Gasteiger partial charge is 0.160 e. The Kier molecular flexibility index (Phi) is 8.19. The molecule has 11 aromatic rings. The lowest BCUT2D eigenvalue weighted by Crippen LogP contribution is -2.22. The Morgan fingerprint density at radius 1 is 0.361 bits per heavy atom. The van der Waals surface area contributed by atoms with Crippen LogP contribution in [0.5, 0.6) is 0 Å². The Balaban J connectivity index is 0.959. The average molecular weight is 795 g/mol. The first-order chi connectivity index (χ1) is 30.1. The van der Waals surface area contributed by atoms with Crippen molar-refractivity contribution in [3.63, 3.8) is 0 Å². The largest absolute Gasteiger partial charge is 0.228 e.